The molecule has 0 spiro atoms. The van der Waals surface area contributed by atoms with E-state index in [9.17, 15) is 4.79 Å². The second-order valence-electron chi connectivity index (χ2n) is 2.24. The van der Waals surface area contributed by atoms with Gasteiger partial charge in [0.15, 0.2) is 5.82 Å². The number of aromatic nitrogens is 2. The third kappa shape index (κ3) is 2.34. The zero-order valence-corrected chi connectivity index (χ0v) is 8.34. The predicted octanol–water partition coefficient (Wildman–Crippen LogP) is 1.24. The van der Waals surface area contributed by atoms with E-state index in [0.29, 0.717) is 11.1 Å². The van der Waals surface area contributed by atoms with Crippen molar-refractivity contribution in [2.75, 3.05) is 10.6 Å². The molecular weight excluding hydrogens is 222 g/mol. The molecule has 0 unspecified atom stereocenters. The summed E-state index contributed by atoms with van der Waals surface area (Å²) in [5.74, 6) is 0.512. The molecule has 1 N–H and O–H groups in total. The van der Waals surface area contributed by atoms with Crippen molar-refractivity contribution in [1.82, 2.24) is 9.78 Å². The van der Waals surface area contributed by atoms with Gasteiger partial charge in [0.25, 0.3) is 0 Å². The first-order valence-corrected chi connectivity index (χ1v) is 4.77. The van der Waals surface area contributed by atoms with E-state index in [1.54, 1.807) is 10.7 Å². The number of nitrogens with zero attached hydrogens (tertiary/aromatic N) is 2. The van der Waals surface area contributed by atoms with Gasteiger partial charge in [-0.15, -0.1) is 0 Å². The minimum absolute atomic E-state index is 0.0867. The molecule has 0 atom stereocenters. The van der Waals surface area contributed by atoms with Gasteiger partial charge in [-0.05, 0) is 6.92 Å². The van der Waals surface area contributed by atoms with Gasteiger partial charge in [-0.1, -0.05) is 15.9 Å². The van der Waals surface area contributed by atoms with Gasteiger partial charge in [-0.25, -0.2) is 0 Å². The highest BCUT2D eigenvalue weighted by Crippen LogP contribution is 2.02. The molecule has 0 bridgehead atoms. The molecule has 66 valence electrons. The standard InChI is InChI=1S/C7H10BrN3O/c1-2-11-4-3-6(10-11)9-7(12)5-8/h3-4H,2,5H2,1H3,(H,9,10,12). The number of amides is 1. The fraction of sp³-hybridized carbons (Fsp3) is 0.429. The summed E-state index contributed by atoms with van der Waals surface area (Å²) in [6.45, 7) is 2.80. The fourth-order valence-corrected chi connectivity index (χ4v) is 0.921. The van der Waals surface area contributed by atoms with Crippen LogP contribution in [0.3, 0.4) is 0 Å². The molecule has 0 aliphatic heterocycles. The molecule has 0 saturated carbocycles. The Labute approximate surface area is 79.1 Å². The van der Waals surface area contributed by atoms with Crippen LogP contribution in [0.4, 0.5) is 5.82 Å². The molecule has 12 heavy (non-hydrogen) atoms. The molecule has 1 heterocycles. The molecule has 0 aliphatic carbocycles. The number of rotatable bonds is 3. The van der Waals surface area contributed by atoms with Gasteiger partial charge in [0.2, 0.25) is 5.91 Å². The van der Waals surface area contributed by atoms with Crippen LogP contribution in [-0.2, 0) is 11.3 Å². The van der Waals surface area contributed by atoms with Crippen LogP contribution in [0.15, 0.2) is 12.3 Å². The van der Waals surface area contributed by atoms with E-state index in [1.807, 2.05) is 13.1 Å². The summed E-state index contributed by atoms with van der Waals surface area (Å²) in [7, 11) is 0. The minimum Gasteiger partial charge on any atom is -0.308 e. The Balaban J connectivity index is 2.58. The van der Waals surface area contributed by atoms with Crippen LogP contribution in [0.25, 0.3) is 0 Å². The molecule has 1 aromatic heterocycles. The van der Waals surface area contributed by atoms with Crippen molar-refractivity contribution < 1.29 is 4.79 Å². The average Bonchev–Trinajstić information content (AvgIpc) is 2.52. The molecule has 0 saturated heterocycles. The van der Waals surface area contributed by atoms with E-state index in [1.165, 1.54) is 0 Å². The van der Waals surface area contributed by atoms with Crippen LogP contribution >= 0.6 is 15.9 Å². The topological polar surface area (TPSA) is 46.9 Å². The summed E-state index contributed by atoms with van der Waals surface area (Å²) in [4.78, 5) is 10.9. The van der Waals surface area contributed by atoms with Crippen molar-refractivity contribution >= 4 is 27.7 Å². The summed E-state index contributed by atoms with van der Waals surface area (Å²) >= 11 is 3.05. The smallest absolute Gasteiger partial charge is 0.236 e. The highest BCUT2D eigenvalue weighted by atomic mass is 79.9. The normalized spacial score (nSPS) is 9.83. The van der Waals surface area contributed by atoms with Gasteiger partial charge in [-0.2, -0.15) is 5.10 Å². The number of carbonyl (C=O) groups is 1. The molecule has 0 aromatic carbocycles. The Morgan fingerprint density at radius 2 is 2.58 bits per heavy atom. The lowest BCUT2D eigenvalue weighted by Crippen LogP contribution is -2.13. The monoisotopic (exact) mass is 231 g/mol. The molecule has 4 nitrogen and oxygen atoms in total. The number of aryl methyl sites for hydroxylation is 1. The molecule has 0 fully saturated rings. The van der Waals surface area contributed by atoms with Gasteiger partial charge in [0.1, 0.15) is 0 Å². The summed E-state index contributed by atoms with van der Waals surface area (Å²) in [6, 6.07) is 1.77. The van der Waals surface area contributed by atoms with E-state index in [4.69, 9.17) is 0 Å². The van der Waals surface area contributed by atoms with Crippen molar-refractivity contribution in [1.29, 1.82) is 0 Å². The zero-order chi connectivity index (χ0) is 8.97. The van der Waals surface area contributed by atoms with Gasteiger partial charge in [0, 0.05) is 18.8 Å². The Hall–Kier alpha value is -0.840. The van der Waals surface area contributed by atoms with Crippen LogP contribution in [0, 0.1) is 0 Å². The molecule has 1 aromatic rings. The van der Waals surface area contributed by atoms with Crippen LogP contribution in [0.5, 0.6) is 0 Å². The third-order valence-electron chi connectivity index (χ3n) is 1.35. The second kappa shape index (κ2) is 4.25. The summed E-state index contributed by atoms with van der Waals surface area (Å²) in [5, 5.41) is 7.01. The van der Waals surface area contributed by atoms with Crippen molar-refractivity contribution in [2.45, 2.75) is 13.5 Å². The highest BCUT2D eigenvalue weighted by Gasteiger charge is 2.01. The number of nitrogens with one attached hydrogen (secondary N) is 1. The van der Waals surface area contributed by atoms with Crippen LogP contribution in [-0.4, -0.2) is 21.0 Å². The number of alkyl halides is 1. The first kappa shape index (κ1) is 9.25. The maximum Gasteiger partial charge on any atom is 0.236 e. The van der Waals surface area contributed by atoms with Crippen molar-refractivity contribution in [2.24, 2.45) is 0 Å². The number of anilines is 1. The number of hydrogen-bond acceptors (Lipinski definition) is 2. The molecule has 1 rings (SSSR count). The van der Waals surface area contributed by atoms with Crippen LogP contribution in [0.2, 0.25) is 0 Å². The van der Waals surface area contributed by atoms with Gasteiger partial charge in [-0.3, -0.25) is 9.48 Å². The van der Waals surface area contributed by atoms with E-state index in [-0.39, 0.29) is 5.91 Å². The van der Waals surface area contributed by atoms with Gasteiger partial charge < -0.3 is 5.32 Å². The molecule has 5 heteroatoms. The molecule has 0 radical (unpaired) electrons. The van der Waals surface area contributed by atoms with E-state index in [0.717, 1.165) is 6.54 Å². The lowest BCUT2D eigenvalue weighted by molar-refractivity contribution is -0.113. The largest absolute Gasteiger partial charge is 0.308 e. The Kier molecular flexibility index (Phi) is 3.28. The maximum absolute atomic E-state index is 10.9. The zero-order valence-electron chi connectivity index (χ0n) is 6.75. The average molecular weight is 232 g/mol. The van der Waals surface area contributed by atoms with Crippen molar-refractivity contribution in [3.05, 3.63) is 12.3 Å². The first-order valence-electron chi connectivity index (χ1n) is 3.65. The molecule has 1 amide bonds. The molecular formula is C7H10BrN3O. The van der Waals surface area contributed by atoms with Crippen LogP contribution < -0.4 is 5.32 Å². The lowest BCUT2D eigenvalue weighted by Gasteiger charge is -1.96. The summed E-state index contributed by atoms with van der Waals surface area (Å²) in [6.07, 6.45) is 1.82. The van der Waals surface area contributed by atoms with E-state index < -0.39 is 0 Å². The van der Waals surface area contributed by atoms with Gasteiger partial charge in [0.05, 0.1) is 5.33 Å². The lowest BCUT2D eigenvalue weighted by atomic mass is 10.6. The predicted molar refractivity (Wildman–Crippen MR) is 50.3 cm³/mol. The second-order valence-corrected chi connectivity index (χ2v) is 2.80. The van der Waals surface area contributed by atoms with E-state index >= 15 is 0 Å². The van der Waals surface area contributed by atoms with E-state index in [2.05, 4.69) is 26.3 Å². The highest BCUT2D eigenvalue weighted by molar-refractivity contribution is 9.09. The molecule has 0 aliphatic rings. The van der Waals surface area contributed by atoms with Crippen molar-refractivity contribution in [3.8, 4) is 0 Å². The SMILES string of the molecule is CCn1ccc(NC(=O)CBr)n1. The maximum atomic E-state index is 10.9. The van der Waals surface area contributed by atoms with Gasteiger partial charge >= 0.3 is 0 Å². The van der Waals surface area contributed by atoms with Crippen molar-refractivity contribution in [3.63, 3.8) is 0 Å². The third-order valence-corrected chi connectivity index (χ3v) is 1.86. The summed E-state index contributed by atoms with van der Waals surface area (Å²) < 4.78 is 1.75. The van der Waals surface area contributed by atoms with Crippen LogP contribution in [0.1, 0.15) is 6.92 Å². The Morgan fingerprint density at radius 1 is 1.83 bits per heavy atom. The minimum atomic E-state index is -0.0867. The fourth-order valence-electron chi connectivity index (χ4n) is 0.781. The number of carbonyl (C=O) groups excluding carboxylic acids is 1. The quantitative estimate of drug-likeness (QED) is 0.797. The Morgan fingerprint density at radius 3 is 3.08 bits per heavy atom. The Bertz CT molecular complexity index is 271. The summed E-state index contributed by atoms with van der Waals surface area (Å²) in [5.41, 5.74) is 0. The number of hydrogen-bond donors (Lipinski definition) is 1. The first-order chi connectivity index (χ1) is 5.76. The number of halogens is 1.